The predicted molar refractivity (Wildman–Crippen MR) is 67.6 cm³/mol. The second-order valence-corrected chi connectivity index (χ2v) is 6.71. The first-order valence-electron chi connectivity index (χ1n) is 5.90. The predicted octanol–water partition coefficient (Wildman–Crippen LogP) is 1.65. The lowest BCUT2D eigenvalue weighted by Gasteiger charge is -2.22. The van der Waals surface area contributed by atoms with Crippen molar-refractivity contribution in [3.8, 4) is 6.07 Å². The fourth-order valence-corrected chi connectivity index (χ4v) is 3.91. The Morgan fingerprint density at radius 2 is 2.06 bits per heavy atom. The fraction of sp³-hybridized carbons (Fsp3) is 0.462. The minimum atomic E-state index is -3.15. The van der Waals surface area contributed by atoms with Gasteiger partial charge >= 0.3 is 0 Å². The summed E-state index contributed by atoms with van der Waals surface area (Å²) in [6.07, 6.45) is 1.14. The first-order valence-corrected chi connectivity index (χ1v) is 7.62. The molecule has 0 aromatic heterocycles. The van der Waals surface area contributed by atoms with E-state index in [0.717, 1.165) is 0 Å². The van der Waals surface area contributed by atoms with Crippen LogP contribution in [0.25, 0.3) is 0 Å². The van der Waals surface area contributed by atoms with Crippen LogP contribution in [0.5, 0.6) is 0 Å². The molecule has 1 fully saturated rings. The van der Waals surface area contributed by atoms with Crippen molar-refractivity contribution in [1.82, 2.24) is 0 Å². The van der Waals surface area contributed by atoms with E-state index in [1.165, 1.54) is 0 Å². The highest BCUT2D eigenvalue weighted by Gasteiger charge is 2.27. The van der Waals surface area contributed by atoms with Crippen LogP contribution in [0.3, 0.4) is 0 Å². The Morgan fingerprint density at radius 3 is 2.72 bits per heavy atom. The number of nitriles is 1. The van der Waals surface area contributed by atoms with Crippen LogP contribution in [0.15, 0.2) is 24.3 Å². The third-order valence-corrected chi connectivity index (χ3v) is 5.32. The summed E-state index contributed by atoms with van der Waals surface area (Å²) < 4.78 is 29.6. The molecule has 4 nitrogen and oxygen atoms in total. The molecule has 0 N–H and O–H groups in total. The zero-order chi connectivity index (χ0) is 13.0. The van der Waals surface area contributed by atoms with Crippen LogP contribution < -0.4 is 0 Å². The highest BCUT2D eigenvalue weighted by atomic mass is 32.2. The lowest BCUT2D eigenvalue weighted by atomic mass is 10.2. The van der Waals surface area contributed by atoms with E-state index in [4.69, 9.17) is 10.00 Å². The molecule has 18 heavy (non-hydrogen) atoms. The van der Waals surface area contributed by atoms with Gasteiger partial charge in [-0.2, -0.15) is 5.26 Å². The van der Waals surface area contributed by atoms with Crippen molar-refractivity contribution in [3.05, 3.63) is 35.4 Å². The van der Waals surface area contributed by atoms with Gasteiger partial charge in [-0.3, -0.25) is 0 Å². The lowest BCUT2D eigenvalue weighted by Crippen LogP contribution is -2.29. The Kier molecular flexibility index (Phi) is 4.00. The van der Waals surface area contributed by atoms with Gasteiger partial charge in [0.15, 0.2) is 9.84 Å². The lowest BCUT2D eigenvalue weighted by molar-refractivity contribution is 0.0983. The Hall–Kier alpha value is -1.38. The normalized spacial score (nSPS) is 17.3. The second-order valence-electron chi connectivity index (χ2n) is 4.43. The molecule has 0 bridgehead atoms. The molecule has 1 aromatic rings. The van der Waals surface area contributed by atoms with Crippen molar-refractivity contribution in [3.63, 3.8) is 0 Å². The highest BCUT2D eigenvalue weighted by molar-refractivity contribution is 7.91. The quantitative estimate of drug-likeness (QED) is 0.833. The Bertz CT molecular complexity index is 554. The Labute approximate surface area is 107 Å². The maximum absolute atomic E-state index is 12.2. The van der Waals surface area contributed by atoms with Crippen LogP contribution in [0.4, 0.5) is 0 Å². The minimum absolute atomic E-state index is 0.00713. The van der Waals surface area contributed by atoms with Crippen LogP contribution in [0.1, 0.15) is 24.0 Å². The Morgan fingerprint density at radius 1 is 1.33 bits per heavy atom. The van der Waals surface area contributed by atoms with E-state index in [0.29, 0.717) is 37.2 Å². The molecule has 1 saturated heterocycles. The third kappa shape index (κ3) is 3.09. The molecule has 5 heteroatoms. The summed E-state index contributed by atoms with van der Waals surface area (Å²) in [4.78, 5) is 0. The summed E-state index contributed by atoms with van der Waals surface area (Å²) in [5.74, 6) is 0.00713. The van der Waals surface area contributed by atoms with Crippen molar-refractivity contribution in [1.29, 1.82) is 5.26 Å². The zero-order valence-electron chi connectivity index (χ0n) is 10.0. The topological polar surface area (TPSA) is 67.2 Å². The van der Waals surface area contributed by atoms with Crippen LogP contribution in [-0.4, -0.2) is 26.9 Å². The number of benzene rings is 1. The van der Waals surface area contributed by atoms with Gasteiger partial charge in [0, 0.05) is 13.2 Å². The largest absolute Gasteiger partial charge is 0.381 e. The summed E-state index contributed by atoms with van der Waals surface area (Å²) in [7, 11) is -3.15. The van der Waals surface area contributed by atoms with Crippen molar-refractivity contribution in [2.24, 2.45) is 0 Å². The molecule has 1 aliphatic rings. The van der Waals surface area contributed by atoms with Gasteiger partial charge in [-0.15, -0.1) is 0 Å². The molecule has 96 valence electrons. The van der Waals surface area contributed by atoms with Gasteiger partial charge in [-0.05, 0) is 30.5 Å². The second kappa shape index (κ2) is 5.51. The van der Waals surface area contributed by atoms with Gasteiger partial charge in [-0.1, -0.05) is 12.1 Å². The smallest absolute Gasteiger partial charge is 0.157 e. The number of ether oxygens (including phenoxy) is 1. The van der Waals surface area contributed by atoms with E-state index < -0.39 is 9.84 Å². The molecule has 0 saturated carbocycles. The van der Waals surface area contributed by atoms with E-state index >= 15 is 0 Å². The molecule has 0 atom stereocenters. The van der Waals surface area contributed by atoms with Gasteiger partial charge in [0.2, 0.25) is 0 Å². The van der Waals surface area contributed by atoms with Crippen molar-refractivity contribution in [2.45, 2.75) is 23.8 Å². The van der Waals surface area contributed by atoms with Crippen LogP contribution >= 0.6 is 0 Å². The number of rotatable bonds is 3. The summed E-state index contributed by atoms with van der Waals surface area (Å²) in [6, 6.07) is 8.79. The molecule has 1 aliphatic heterocycles. The summed E-state index contributed by atoms with van der Waals surface area (Å²) >= 11 is 0. The van der Waals surface area contributed by atoms with Gasteiger partial charge < -0.3 is 4.74 Å². The van der Waals surface area contributed by atoms with E-state index in [2.05, 4.69) is 0 Å². The maximum atomic E-state index is 12.2. The summed E-state index contributed by atoms with van der Waals surface area (Å²) in [5.41, 5.74) is 1.18. The highest BCUT2D eigenvalue weighted by Crippen LogP contribution is 2.20. The molecule has 2 rings (SSSR count). The summed E-state index contributed by atoms with van der Waals surface area (Å²) in [5, 5.41) is 8.48. The number of nitrogens with zero attached hydrogens (tertiary/aromatic N) is 1. The molecule has 0 aliphatic carbocycles. The summed E-state index contributed by atoms with van der Waals surface area (Å²) in [6.45, 7) is 1.03. The molecule has 0 radical (unpaired) electrons. The molecule has 0 amide bonds. The van der Waals surface area contributed by atoms with Gasteiger partial charge in [-0.25, -0.2) is 8.42 Å². The van der Waals surface area contributed by atoms with Gasteiger partial charge in [0.05, 0.1) is 22.6 Å². The minimum Gasteiger partial charge on any atom is -0.381 e. The van der Waals surface area contributed by atoms with E-state index in [-0.39, 0.29) is 11.0 Å². The maximum Gasteiger partial charge on any atom is 0.157 e. The number of hydrogen-bond acceptors (Lipinski definition) is 4. The Balaban J connectivity index is 2.14. The van der Waals surface area contributed by atoms with E-state index in [9.17, 15) is 8.42 Å². The van der Waals surface area contributed by atoms with Gasteiger partial charge in [0.25, 0.3) is 0 Å². The molecular formula is C13H15NO3S. The third-order valence-electron chi connectivity index (χ3n) is 3.10. The first-order chi connectivity index (χ1) is 8.62. The number of hydrogen-bond donors (Lipinski definition) is 0. The van der Waals surface area contributed by atoms with E-state index in [1.54, 1.807) is 24.3 Å². The van der Waals surface area contributed by atoms with Crippen molar-refractivity contribution >= 4 is 9.84 Å². The van der Waals surface area contributed by atoms with Crippen LogP contribution in [-0.2, 0) is 20.3 Å². The average Bonchev–Trinajstić information content (AvgIpc) is 2.39. The fourth-order valence-electron chi connectivity index (χ4n) is 2.12. The van der Waals surface area contributed by atoms with Crippen LogP contribution in [0.2, 0.25) is 0 Å². The molecular weight excluding hydrogens is 250 g/mol. The van der Waals surface area contributed by atoms with Crippen molar-refractivity contribution in [2.75, 3.05) is 13.2 Å². The van der Waals surface area contributed by atoms with E-state index in [1.807, 2.05) is 6.07 Å². The SMILES string of the molecule is N#Cc1cccc(CS(=O)(=O)C2CCOCC2)c1. The molecule has 1 heterocycles. The first kappa shape index (κ1) is 13.1. The monoisotopic (exact) mass is 265 g/mol. The standard InChI is InChI=1S/C13H15NO3S/c14-9-11-2-1-3-12(8-11)10-18(15,16)13-4-6-17-7-5-13/h1-3,8,13H,4-7,10H2. The van der Waals surface area contributed by atoms with Gasteiger partial charge in [0.1, 0.15) is 0 Å². The molecule has 0 spiro atoms. The molecule has 0 unspecified atom stereocenters. The molecule has 1 aromatic carbocycles. The zero-order valence-corrected chi connectivity index (χ0v) is 10.8. The average molecular weight is 265 g/mol. The number of sulfone groups is 1. The van der Waals surface area contributed by atoms with Crippen LogP contribution in [0, 0.1) is 11.3 Å². The van der Waals surface area contributed by atoms with Crippen molar-refractivity contribution < 1.29 is 13.2 Å².